The Kier molecular flexibility index (Phi) is 3.29. The van der Waals surface area contributed by atoms with Gasteiger partial charge in [-0.15, -0.1) is 11.3 Å². The summed E-state index contributed by atoms with van der Waals surface area (Å²) in [5, 5.41) is 2.53. The quantitative estimate of drug-likeness (QED) is 0.936. The summed E-state index contributed by atoms with van der Waals surface area (Å²) >= 11 is 1.38. The molecular formula is C10H11F3N4S. The zero-order valence-corrected chi connectivity index (χ0v) is 10.3. The second-order valence-electron chi connectivity index (χ2n) is 3.83. The zero-order valence-electron chi connectivity index (χ0n) is 9.53. The van der Waals surface area contributed by atoms with Crippen LogP contribution in [-0.2, 0) is 0 Å². The van der Waals surface area contributed by atoms with Crippen LogP contribution in [0.4, 0.5) is 24.9 Å². The van der Waals surface area contributed by atoms with E-state index in [4.69, 9.17) is 5.73 Å². The molecule has 2 rings (SSSR count). The number of nitrogens with zero attached hydrogens (tertiary/aromatic N) is 3. The lowest BCUT2D eigenvalue weighted by molar-refractivity contribution is -0.132. The van der Waals surface area contributed by atoms with E-state index in [1.807, 2.05) is 0 Å². The molecule has 0 saturated carbocycles. The molecule has 0 spiro atoms. The van der Waals surface area contributed by atoms with E-state index in [-0.39, 0.29) is 12.5 Å². The van der Waals surface area contributed by atoms with Crippen LogP contribution in [0.1, 0.15) is 6.42 Å². The minimum absolute atomic E-state index is 0.0683. The molecule has 2 aromatic heterocycles. The predicted octanol–water partition coefficient (Wildman–Crippen LogP) is 2.66. The summed E-state index contributed by atoms with van der Waals surface area (Å²) in [6.45, 7) is -0.162. The lowest BCUT2D eigenvalue weighted by Gasteiger charge is -2.19. The highest BCUT2D eigenvalue weighted by atomic mass is 32.1. The van der Waals surface area contributed by atoms with E-state index in [0.717, 1.165) is 5.39 Å². The molecule has 2 N–H and O–H groups in total. The van der Waals surface area contributed by atoms with Crippen molar-refractivity contribution in [1.82, 2.24) is 9.97 Å². The first-order valence-corrected chi connectivity index (χ1v) is 6.03. The van der Waals surface area contributed by atoms with Crippen LogP contribution in [0.25, 0.3) is 10.2 Å². The van der Waals surface area contributed by atoms with Gasteiger partial charge in [-0.1, -0.05) is 0 Å². The van der Waals surface area contributed by atoms with Gasteiger partial charge in [0.05, 0.1) is 11.8 Å². The maximum Gasteiger partial charge on any atom is 0.390 e. The highest BCUT2D eigenvalue weighted by Crippen LogP contribution is 2.29. The molecular weight excluding hydrogens is 265 g/mol. The smallest absolute Gasteiger partial charge is 0.368 e. The number of halogens is 3. The largest absolute Gasteiger partial charge is 0.390 e. The lowest BCUT2D eigenvalue weighted by Crippen LogP contribution is -2.25. The number of alkyl halides is 3. The Hall–Kier alpha value is -1.57. The SMILES string of the molecule is CN(CCC(F)(F)F)c1nc(N)nc2sccc12. The van der Waals surface area contributed by atoms with Gasteiger partial charge in [0.2, 0.25) is 5.95 Å². The van der Waals surface area contributed by atoms with Gasteiger partial charge in [0.1, 0.15) is 10.6 Å². The molecule has 0 aliphatic heterocycles. The van der Waals surface area contributed by atoms with Crippen LogP contribution in [0.2, 0.25) is 0 Å². The first-order chi connectivity index (χ1) is 8.37. The van der Waals surface area contributed by atoms with Crippen molar-refractivity contribution in [3.8, 4) is 0 Å². The lowest BCUT2D eigenvalue weighted by atomic mass is 10.3. The van der Waals surface area contributed by atoms with Crippen molar-refractivity contribution in [2.75, 3.05) is 24.2 Å². The molecule has 0 saturated heterocycles. The second-order valence-corrected chi connectivity index (χ2v) is 4.73. The summed E-state index contributed by atoms with van der Waals surface area (Å²) in [6, 6.07) is 1.78. The first-order valence-electron chi connectivity index (χ1n) is 5.15. The van der Waals surface area contributed by atoms with Gasteiger partial charge in [0.15, 0.2) is 0 Å². The summed E-state index contributed by atoms with van der Waals surface area (Å²) < 4.78 is 36.5. The highest BCUT2D eigenvalue weighted by molar-refractivity contribution is 7.16. The number of fused-ring (bicyclic) bond motifs is 1. The summed E-state index contributed by atoms with van der Waals surface area (Å²) in [5.41, 5.74) is 5.54. The van der Waals surface area contributed by atoms with Crippen molar-refractivity contribution in [2.24, 2.45) is 0 Å². The Bertz CT molecular complexity index is 552. The van der Waals surface area contributed by atoms with Crippen molar-refractivity contribution >= 4 is 33.3 Å². The Labute approximate surface area is 105 Å². The van der Waals surface area contributed by atoms with Crippen molar-refractivity contribution < 1.29 is 13.2 Å². The summed E-state index contributed by atoms with van der Waals surface area (Å²) in [5.74, 6) is 0.502. The Balaban J connectivity index is 2.26. The Morgan fingerprint density at radius 3 is 2.78 bits per heavy atom. The first kappa shape index (κ1) is 12.9. The molecule has 0 atom stereocenters. The van der Waals surface area contributed by atoms with E-state index in [1.54, 1.807) is 18.5 Å². The maximum absolute atomic E-state index is 12.2. The molecule has 0 aliphatic rings. The number of thiophene rings is 1. The van der Waals surface area contributed by atoms with E-state index in [9.17, 15) is 13.2 Å². The van der Waals surface area contributed by atoms with Crippen LogP contribution in [-0.4, -0.2) is 29.7 Å². The Morgan fingerprint density at radius 2 is 2.11 bits per heavy atom. The van der Waals surface area contributed by atoms with Crippen LogP contribution in [0.15, 0.2) is 11.4 Å². The number of nitrogens with two attached hydrogens (primary N) is 1. The van der Waals surface area contributed by atoms with E-state index < -0.39 is 12.6 Å². The number of aromatic nitrogens is 2. The normalized spacial score (nSPS) is 12.0. The third-order valence-electron chi connectivity index (χ3n) is 2.41. The topological polar surface area (TPSA) is 55.0 Å². The molecule has 98 valence electrons. The number of hydrogen-bond acceptors (Lipinski definition) is 5. The molecule has 0 fully saturated rings. The number of nitrogen functional groups attached to an aromatic ring is 1. The molecule has 0 aromatic carbocycles. The van der Waals surface area contributed by atoms with Crippen molar-refractivity contribution in [3.63, 3.8) is 0 Å². The molecule has 0 bridgehead atoms. The van der Waals surface area contributed by atoms with Gasteiger partial charge in [-0.3, -0.25) is 0 Å². The minimum Gasteiger partial charge on any atom is -0.368 e. The summed E-state index contributed by atoms with van der Waals surface area (Å²) in [4.78, 5) is 10.2. The second kappa shape index (κ2) is 4.60. The van der Waals surface area contributed by atoms with Gasteiger partial charge in [-0.25, -0.2) is 4.98 Å². The monoisotopic (exact) mass is 276 g/mol. The molecule has 18 heavy (non-hydrogen) atoms. The molecule has 0 radical (unpaired) electrons. The van der Waals surface area contributed by atoms with Crippen molar-refractivity contribution in [3.05, 3.63) is 11.4 Å². The fraction of sp³-hybridized carbons (Fsp3) is 0.400. The van der Waals surface area contributed by atoms with Crippen LogP contribution >= 0.6 is 11.3 Å². The summed E-state index contributed by atoms with van der Waals surface area (Å²) in [7, 11) is 1.56. The molecule has 0 unspecified atom stereocenters. The van der Waals surface area contributed by atoms with Gasteiger partial charge in [0.25, 0.3) is 0 Å². The molecule has 8 heteroatoms. The van der Waals surface area contributed by atoms with Gasteiger partial charge in [-0.2, -0.15) is 18.2 Å². The zero-order chi connectivity index (χ0) is 13.3. The maximum atomic E-state index is 12.2. The van der Waals surface area contributed by atoms with Gasteiger partial charge < -0.3 is 10.6 Å². The third-order valence-corrected chi connectivity index (χ3v) is 3.22. The average Bonchev–Trinajstić information content (AvgIpc) is 2.71. The fourth-order valence-corrected chi connectivity index (χ4v) is 2.31. The number of anilines is 2. The molecule has 0 aliphatic carbocycles. The van der Waals surface area contributed by atoms with E-state index in [0.29, 0.717) is 10.6 Å². The highest BCUT2D eigenvalue weighted by Gasteiger charge is 2.27. The fourth-order valence-electron chi connectivity index (χ4n) is 1.55. The molecule has 0 amide bonds. The summed E-state index contributed by atoms with van der Waals surface area (Å²) in [6.07, 6.45) is -5.07. The average molecular weight is 276 g/mol. The molecule has 4 nitrogen and oxygen atoms in total. The minimum atomic E-state index is -4.18. The number of hydrogen-bond donors (Lipinski definition) is 1. The number of rotatable bonds is 3. The van der Waals surface area contributed by atoms with Crippen LogP contribution in [0, 0.1) is 0 Å². The van der Waals surface area contributed by atoms with E-state index in [1.165, 1.54) is 16.2 Å². The molecule has 2 aromatic rings. The van der Waals surface area contributed by atoms with Crippen molar-refractivity contribution in [2.45, 2.75) is 12.6 Å². The van der Waals surface area contributed by atoms with Crippen LogP contribution in [0.3, 0.4) is 0 Å². The Morgan fingerprint density at radius 1 is 1.39 bits per heavy atom. The predicted molar refractivity (Wildman–Crippen MR) is 65.8 cm³/mol. The van der Waals surface area contributed by atoms with E-state index in [2.05, 4.69) is 9.97 Å². The van der Waals surface area contributed by atoms with Crippen LogP contribution < -0.4 is 10.6 Å². The standard InChI is InChI=1S/C10H11F3N4S/c1-17(4-3-10(11,12)13)7-6-2-5-18-8(6)16-9(14)15-7/h2,5H,3-4H2,1H3,(H2,14,15,16). The van der Waals surface area contributed by atoms with Crippen molar-refractivity contribution in [1.29, 1.82) is 0 Å². The van der Waals surface area contributed by atoms with Crippen LogP contribution in [0.5, 0.6) is 0 Å². The third kappa shape index (κ3) is 2.81. The van der Waals surface area contributed by atoms with Gasteiger partial charge >= 0.3 is 6.18 Å². The van der Waals surface area contributed by atoms with Gasteiger partial charge in [-0.05, 0) is 11.4 Å². The van der Waals surface area contributed by atoms with E-state index >= 15 is 0 Å². The van der Waals surface area contributed by atoms with Gasteiger partial charge in [0, 0.05) is 13.6 Å². The molecule has 2 heterocycles.